The summed E-state index contributed by atoms with van der Waals surface area (Å²) in [5.41, 5.74) is 3.11. The highest BCUT2D eigenvalue weighted by molar-refractivity contribution is 9.10. The van der Waals surface area contributed by atoms with Crippen LogP contribution in [0.1, 0.15) is 63.1 Å². The molecule has 3 aromatic carbocycles. The van der Waals surface area contributed by atoms with Crippen molar-refractivity contribution in [3.05, 3.63) is 98.4 Å². The first-order chi connectivity index (χ1) is 19.1. The van der Waals surface area contributed by atoms with Crippen LogP contribution in [0.25, 0.3) is 0 Å². The third kappa shape index (κ3) is 8.43. The molecule has 0 aromatic heterocycles. The molecule has 40 heavy (non-hydrogen) atoms. The summed E-state index contributed by atoms with van der Waals surface area (Å²) in [7, 11) is 0. The summed E-state index contributed by atoms with van der Waals surface area (Å²) in [4.78, 5) is 29.4. The van der Waals surface area contributed by atoms with Gasteiger partial charge in [0.25, 0.3) is 5.91 Å². The lowest BCUT2D eigenvalue weighted by Crippen LogP contribution is -2.53. The number of halogens is 2. The average Bonchev–Trinajstić information content (AvgIpc) is 3.44. The highest BCUT2D eigenvalue weighted by atomic mass is 79.9. The Morgan fingerprint density at radius 2 is 1.62 bits per heavy atom. The largest absolute Gasteiger partial charge is 0.483 e. The summed E-state index contributed by atoms with van der Waals surface area (Å²) >= 11 is 7.11. The average molecular weight is 670 g/mol. The Bertz CT molecular complexity index is 1280. The van der Waals surface area contributed by atoms with E-state index in [4.69, 9.17) is 4.74 Å². The maximum atomic E-state index is 13.9. The van der Waals surface area contributed by atoms with Crippen LogP contribution in [-0.2, 0) is 28.0 Å². The predicted octanol–water partition coefficient (Wildman–Crippen LogP) is 7.59. The van der Waals surface area contributed by atoms with E-state index in [1.165, 1.54) is 5.56 Å². The SMILES string of the molecule is CC(C)(C)c1ccc(OCC(=O)N(Cc2ccc(Br)cc2)C(Cc2ccccc2)C(=O)NC2CCCC2)c(Br)c1. The first kappa shape index (κ1) is 30.3. The quantitative estimate of drug-likeness (QED) is 0.242. The highest BCUT2D eigenvalue weighted by Gasteiger charge is 2.32. The van der Waals surface area contributed by atoms with Crippen LogP contribution in [0.4, 0.5) is 0 Å². The van der Waals surface area contributed by atoms with Crippen molar-refractivity contribution >= 4 is 43.7 Å². The third-order valence-electron chi connectivity index (χ3n) is 7.39. The second kappa shape index (κ2) is 13.8. The molecule has 1 fully saturated rings. The van der Waals surface area contributed by atoms with Gasteiger partial charge in [-0.2, -0.15) is 0 Å². The van der Waals surface area contributed by atoms with Gasteiger partial charge < -0.3 is 15.0 Å². The van der Waals surface area contributed by atoms with Crippen molar-refractivity contribution < 1.29 is 14.3 Å². The molecule has 1 aliphatic rings. The van der Waals surface area contributed by atoms with Crippen LogP contribution in [-0.4, -0.2) is 35.4 Å². The second-order valence-corrected chi connectivity index (χ2v) is 13.3. The van der Waals surface area contributed by atoms with E-state index in [1.54, 1.807) is 4.90 Å². The van der Waals surface area contributed by atoms with Gasteiger partial charge >= 0.3 is 0 Å². The minimum Gasteiger partial charge on any atom is -0.483 e. The van der Waals surface area contributed by atoms with E-state index in [9.17, 15) is 9.59 Å². The lowest BCUT2D eigenvalue weighted by atomic mass is 9.87. The van der Waals surface area contributed by atoms with E-state index in [0.717, 1.165) is 45.8 Å². The number of ether oxygens (including phenoxy) is 1. The molecule has 0 aliphatic heterocycles. The summed E-state index contributed by atoms with van der Waals surface area (Å²) in [5.74, 6) is 0.245. The van der Waals surface area contributed by atoms with Crippen molar-refractivity contribution in [2.75, 3.05) is 6.61 Å². The molecule has 1 aliphatic carbocycles. The molecule has 212 valence electrons. The molecule has 1 atom stereocenters. The molecule has 1 unspecified atom stereocenters. The standard InChI is InChI=1S/C33H38Br2N2O3/c1-33(2,3)25-15-18-30(28(35)20-25)40-22-31(38)37(21-24-13-16-26(34)17-14-24)29(19-23-9-5-4-6-10-23)32(39)36-27-11-7-8-12-27/h4-6,9-10,13-18,20,27,29H,7-8,11-12,19,21-22H2,1-3H3,(H,36,39). The first-order valence-electron chi connectivity index (χ1n) is 13.9. The van der Waals surface area contributed by atoms with Gasteiger partial charge in [-0.3, -0.25) is 9.59 Å². The fourth-order valence-electron chi connectivity index (χ4n) is 5.01. The van der Waals surface area contributed by atoms with Crippen LogP contribution in [0, 0.1) is 0 Å². The summed E-state index contributed by atoms with van der Waals surface area (Å²) in [5, 5.41) is 3.24. The van der Waals surface area contributed by atoms with Crippen LogP contribution < -0.4 is 10.1 Å². The number of hydrogen-bond donors (Lipinski definition) is 1. The summed E-state index contributed by atoms with van der Waals surface area (Å²) in [6, 6.07) is 23.2. The van der Waals surface area contributed by atoms with Crippen LogP contribution in [0.15, 0.2) is 81.7 Å². The molecular formula is C33H38Br2N2O3. The normalized spacial score (nSPS) is 14.5. The molecule has 1 N–H and O–H groups in total. The zero-order chi connectivity index (χ0) is 28.7. The molecule has 7 heteroatoms. The number of nitrogens with one attached hydrogen (secondary N) is 1. The zero-order valence-electron chi connectivity index (χ0n) is 23.5. The fraction of sp³-hybridized carbons (Fsp3) is 0.394. The highest BCUT2D eigenvalue weighted by Crippen LogP contribution is 2.31. The summed E-state index contributed by atoms with van der Waals surface area (Å²) < 4.78 is 7.80. The Kier molecular flexibility index (Phi) is 10.5. The van der Waals surface area contributed by atoms with Gasteiger partial charge in [0.15, 0.2) is 6.61 Å². The van der Waals surface area contributed by atoms with Crippen LogP contribution >= 0.6 is 31.9 Å². The van der Waals surface area contributed by atoms with E-state index >= 15 is 0 Å². The molecule has 2 amide bonds. The maximum Gasteiger partial charge on any atom is 0.261 e. The van der Waals surface area contributed by atoms with Crippen LogP contribution in [0.3, 0.4) is 0 Å². The van der Waals surface area contributed by atoms with Gasteiger partial charge in [0, 0.05) is 23.5 Å². The van der Waals surface area contributed by atoms with Gasteiger partial charge in [0.05, 0.1) is 4.47 Å². The van der Waals surface area contributed by atoms with Crippen molar-refractivity contribution in [1.29, 1.82) is 0 Å². The number of carbonyl (C=O) groups is 2. The maximum absolute atomic E-state index is 13.9. The Balaban J connectivity index is 1.60. The molecule has 0 bridgehead atoms. The summed E-state index contributed by atoms with van der Waals surface area (Å²) in [6.45, 7) is 6.59. The molecular weight excluding hydrogens is 632 g/mol. The lowest BCUT2D eigenvalue weighted by Gasteiger charge is -2.32. The van der Waals surface area contributed by atoms with Crippen molar-refractivity contribution in [2.45, 2.75) is 76.9 Å². The lowest BCUT2D eigenvalue weighted by molar-refractivity contribution is -0.143. The topological polar surface area (TPSA) is 58.6 Å². The molecule has 4 rings (SSSR count). The van der Waals surface area contributed by atoms with Crippen LogP contribution in [0.2, 0.25) is 0 Å². The Labute approximate surface area is 254 Å². The van der Waals surface area contributed by atoms with E-state index in [0.29, 0.717) is 18.7 Å². The minimum atomic E-state index is -0.672. The van der Waals surface area contributed by atoms with Gasteiger partial charge in [-0.1, -0.05) is 98.1 Å². The molecule has 3 aromatic rings. The Morgan fingerprint density at radius 1 is 0.950 bits per heavy atom. The first-order valence-corrected chi connectivity index (χ1v) is 15.5. The minimum absolute atomic E-state index is 0.00428. The van der Waals surface area contributed by atoms with Gasteiger partial charge in [0.1, 0.15) is 11.8 Å². The van der Waals surface area contributed by atoms with Gasteiger partial charge in [-0.15, -0.1) is 0 Å². The zero-order valence-corrected chi connectivity index (χ0v) is 26.6. The van der Waals surface area contributed by atoms with Gasteiger partial charge in [0.2, 0.25) is 5.91 Å². The van der Waals surface area contributed by atoms with Crippen LogP contribution in [0.5, 0.6) is 5.75 Å². The number of amides is 2. The molecule has 0 spiro atoms. The molecule has 1 saturated carbocycles. The van der Waals surface area contributed by atoms with E-state index in [2.05, 4.69) is 57.9 Å². The van der Waals surface area contributed by atoms with Crippen molar-refractivity contribution in [2.24, 2.45) is 0 Å². The van der Waals surface area contributed by atoms with Crippen molar-refractivity contribution in [3.8, 4) is 5.75 Å². The van der Waals surface area contributed by atoms with E-state index in [-0.39, 0.29) is 29.9 Å². The second-order valence-electron chi connectivity index (χ2n) is 11.5. The number of benzene rings is 3. The van der Waals surface area contributed by atoms with Crippen molar-refractivity contribution in [1.82, 2.24) is 10.2 Å². The molecule has 0 saturated heterocycles. The monoisotopic (exact) mass is 668 g/mol. The molecule has 0 heterocycles. The third-order valence-corrected chi connectivity index (χ3v) is 8.54. The van der Waals surface area contributed by atoms with Crippen molar-refractivity contribution in [3.63, 3.8) is 0 Å². The predicted molar refractivity (Wildman–Crippen MR) is 167 cm³/mol. The Morgan fingerprint density at radius 3 is 2.25 bits per heavy atom. The fourth-order valence-corrected chi connectivity index (χ4v) is 5.77. The number of rotatable bonds is 10. The molecule has 0 radical (unpaired) electrons. The smallest absolute Gasteiger partial charge is 0.261 e. The Hall–Kier alpha value is -2.64. The summed E-state index contributed by atoms with van der Waals surface area (Å²) in [6.07, 6.45) is 4.61. The van der Waals surface area contributed by atoms with E-state index < -0.39 is 6.04 Å². The number of carbonyl (C=O) groups excluding carboxylic acids is 2. The number of nitrogens with zero attached hydrogens (tertiary/aromatic N) is 1. The molecule has 5 nitrogen and oxygen atoms in total. The van der Waals surface area contributed by atoms with E-state index in [1.807, 2.05) is 72.8 Å². The van der Waals surface area contributed by atoms with Gasteiger partial charge in [-0.25, -0.2) is 0 Å². The number of hydrogen-bond acceptors (Lipinski definition) is 3. The van der Waals surface area contributed by atoms with Gasteiger partial charge in [-0.05, 0) is 75.1 Å².